The molecule has 1 aliphatic heterocycles. The number of carbonyl (C=O) groups excluding carboxylic acids is 2. The molecule has 1 amide bonds. The number of nitrogens with one attached hydrogen (secondary N) is 2. The number of carbonyl (C=O) groups is 2. The number of likely N-dealkylation sites (tertiary alicyclic amines) is 1. The lowest BCUT2D eigenvalue weighted by Crippen LogP contribution is -2.63. The summed E-state index contributed by atoms with van der Waals surface area (Å²) in [6.45, 7) is 7.64. The Balaban J connectivity index is 0.00000676. The Bertz CT molecular complexity index is 488. The van der Waals surface area contributed by atoms with E-state index in [2.05, 4.69) is 20.4 Å². The van der Waals surface area contributed by atoms with Gasteiger partial charge in [-0.1, -0.05) is 12.8 Å². The fraction of sp³-hybridized carbons (Fsp3) is 0.833. The minimum absolute atomic E-state index is 0. The number of amides is 1. The number of nitrogens with zero attached hydrogens (tertiary/aromatic N) is 2. The van der Waals surface area contributed by atoms with E-state index < -0.39 is 5.60 Å². The van der Waals surface area contributed by atoms with Gasteiger partial charge in [0, 0.05) is 33.1 Å². The second-order valence-electron chi connectivity index (χ2n) is 7.47. The zero-order valence-electron chi connectivity index (χ0n) is 17.2. The molecule has 158 valence electrons. The molecule has 1 aliphatic rings. The van der Waals surface area contributed by atoms with Crippen LogP contribution in [0.25, 0.3) is 0 Å². The van der Waals surface area contributed by atoms with E-state index >= 15 is 0 Å². The van der Waals surface area contributed by atoms with Gasteiger partial charge in [-0.05, 0) is 33.6 Å². The maximum atomic E-state index is 11.9. The third-order valence-electron chi connectivity index (χ3n) is 3.93. The minimum Gasteiger partial charge on any atom is -0.469 e. The normalized spacial score (nSPS) is 14.7. The summed E-state index contributed by atoms with van der Waals surface area (Å²) in [7, 11) is 3.15. The summed E-state index contributed by atoms with van der Waals surface area (Å²) in [5.41, 5.74) is -0.468. The van der Waals surface area contributed by atoms with Gasteiger partial charge in [-0.3, -0.25) is 9.79 Å². The Morgan fingerprint density at radius 3 is 2.33 bits per heavy atom. The van der Waals surface area contributed by atoms with Crippen LogP contribution in [0.3, 0.4) is 0 Å². The van der Waals surface area contributed by atoms with Gasteiger partial charge in [0.1, 0.15) is 5.60 Å². The molecule has 0 aromatic heterocycles. The van der Waals surface area contributed by atoms with E-state index in [1.165, 1.54) is 7.11 Å². The Hall–Kier alpha value is -1.26. The number of esters is 1. The van der Waals surface area contributed by atoms with Crippen molar-refractivity contribution in [3.63, 3.8) is 0 Å². The maximum Gasteiger partial charge on any atom is 0.410 e. The monoisotopic (exact) mass is 498 g/mol. The van der Waals surface area contributed by atoms with Crippen LogP contribution in [0.15, 0.2) is 4.99 Å². The molecule has 0 aromatic carbocycles. The highest BCUT2D eigenvalue weighted by Crippen LogP contribution is 2.15. The molecule has 1 fully saturated rings. The van der Waals surface area contributed by atoms with Crippen molar-refractivity contribution >= 4 is 42.0 Å². The average Bonchev–Trinajstić information content (AvgIpc) is 2.52. The standard InChI is InChI=1S/C18H34N4O4.HI/c1-18(2,3)26-17(24)22-12-14(13-22)21-16(19-4)20-11-9-7-6-8-10-15(23)25-5;/h14H,6-13H2,1-5H3,(H2,19,20,21);1H. The van der Waals surface area contributed by atoms with Gasteiger partial charge < -0.3 is 25.0 Å². The van der Waals surface area contributed by atoms with Crippen LogP contribution in [0.1, 0.15) is 52.9 Å². The third-order valence-corrected chi connectivity index (χ3v) is 3.93. The third kappa shape index (κ3) is 11.2. The molecule has 0 bridgehead atoms. The van der Waals surface area contributed by atoms with Gasteiger partial charge >= 0.3 is 12.1 Å². The second kappa shape index (κ2) is 13.0. The van der Waals surface area contributed by atoms with Gasteiger partial charge in [0.25, 0.3) is 0 Å². The van der Waals surface area contributed by atoms with Gasteiger partial charge in [0.15, 0.2) is 5.96 Å². The molecule has 27 heavy (non-hydrogen) atoms. The van der Waals surface area contributed by atoms with Crippen LogP contribution in [0.5, 0.6) is 0 Å². The predicted molar refractivity (Wildman–Crippen MR) is 117 cm³/mol. The van der Waals surface area contributed by atoms with Gasteiger partial charge in [-0.15, -0.1) is 24.0 Å². The minimum atomic E-state index is -0.468. The number of rotatable bonds is 8. The summed E-state index contributed by atoms with van der Waals surface area (Å²) in [6, 6.07) is 0.189. The summed E-state index contributed by atoms with van der Waals surface area (Å²) in [6.07, 6.45) is 4.15. The smallest absolute Gasteiger partial charge is 0.410 e. The number of unbranched alkanes of at least 4 members (excludes halogenated alkanes) is 3. The highest BCUT2D eigenvalue weighted by Gasteiger charge is 2.34. The SMILES string of the molecule is CN=C(NCCCCCCC(=O)OC)NC1CN(C(=O)OC(C)(C)C)C1.I. The molecule has 0 spiro atoms. The molecular formula is C18H35IN4O4. The molecule has 1 heterocycles. The molecule has 8 nitrogen and oxygen atoms in total. The van der Waals surface area contributed by atoms with Crippen LogP contribution in [0.4, 0.5) is 4.79 Å². The molecule has 0 unspecified atom stereocenters. The van der Waals surface area contributed by atoms with Gasteiger partial charge in [-0.25, -0.2) is 4.79 Å². The number of methoxy groups -OCH3 is 1. The predicted octanol–water partition coefficient (Wildman–Crippen LogP) is 2.51. The highest BCUT2D eigenvalue weighted by molar-refractivity contribution is 14.0. The van der Waals surface area contributed by atoms with Crippen molar-refractivity contribution in [3.05, 3.63) is 0 Å². The van der Waals surface area contributed by atoms with Crippen LogP contribution in [-0.2, 0) is 14.3 Å². The van der Waals surface area contributed by atoms with Gasteiger partial charge in [-0.2, -0.15) is 0 Å². The number of halogens is 1. The fourth-order valence-electron chi connectivity index (χ4n) is 2.49. The summed E-state index contributed by atoms with van der Waals surface area (Å²) in [5.74, 6) is 0.599. The molecule has 0 aromatic rings. The Labute approximate surface area is 179 Å². The first-order valence-electron chi connectivity index (χ1n) is 9.27. The van der Waals surface area contributed by atoms with E-state index in [9.17, 15) is 9.59 Å². The van der Waals surface area contributed by atoms with E-state index in [4.69, 9.17) is 4.74 Å². The molecule has 0 atom stereocenters. The highest BCUT2D eigenvalue weighted by atomic mass is 127. The van der Waals surface area contributed by atoms with Crippen molar-refractivity contribution < 1.29 is 19.1 Å². The van der Waals surface area contributed by atoms with Crippen molar-refractivity contribution in [2.75, 3.05) is 33.8 Å². The summed E-state index contributed by atoms with van der Waals surface area (Å²) < 4.78 is 9.95. The van der Waals surface area contributed by atoms with Crippen LogP contribution < -0.4 is 10.6 Å². The summed E-state index contributed by atoms with van der Waals surface area (Å²) in [5, 5.41) is 6.58. The Morgan fingerprint density at radius 1 is 1.15 bits per heavy atom. The number of guanidine groups is 1. The molecule has 1 rings (SSSR count). The lowest BCUT2D eigenvalue weighted by Gasteiger charge is -2.40. The number of hydrogen-bond acceptors (Lipinski definition) is 5. The van der Waals surface area contributed by atoms with Crippen molar-refractivity contribution in [1.82, 2.24) is 15.5 Å². The topological polar surface area (TPSA) is 92.3 Å². The van der Waals surface area contributed by atoms with E-state index in [1.807, 2.05) is 20.8 Å². The number of ether oxygens (including phenoxy) is 2. The van der Waals surface area contributed by atoms with E-state index in [0.29, 0.717) is 19.5 Å². The number of aliphatic imine (C=N–C) groups is 1. The van der Waals surface area contributed by atoms with E-state index in [0.717, 1.165) is 38.2 Å². The van der Waals surface area contributed by atoms with Gasteiger partial charge in [0.05, 0.1) is 13.2 Å². The van der Waals surface area contributed by atoms with Crippen molar-refractivity contribution in [3.8, 4) is 0 Å². The number of hydrogen-bond donors (Lipinski definition) is 2. The van der Waals surface area contributed by atoms with E-state index in [1.54, 1.807) is 11.9 Å². The van der Waals surface area contributed by atoms with Crippen molar-refractivity contribution in [2.24, 2.45) is 4.99 Å². The molecule has 9 heteroatoms. The van der Waals surface area contributed by atoms with Crippen LogP contribution in [0.2, 0.25) is 0 Å². The fourth-order valence-corrected chi connectivity index (χ4v) is 2.49. The Kier molecular flexibility index (Phi) is 12.4. The maximum absolute atomic E-state index is 11.9. The molecule has 0 aliphatic carbocycles. The average molecular weight is 498 g/mol. The molecule has 1 saturated heterocycles. The molecular weight excluding hydrogens is 463 g/mol. The molecule has 0 radical (unpaired) electrons. The molecule has 0 saturated carbocycles. The first-order valence-corrected chi connectivity index (χ1v) is 9.27. The van der Waals surface area contributed by atoms with Crippen LogP contribution >= 0.6 is 24.0 Å². The lowest BCUT2D eigenvalue weighted by atomic mass is 10.1. The lowest BCUT2D eigenvalue weighted by molar-refractivity contribution is -0.140. The quantitative estimate of drug-likeness (QED) is 0.176. The first kappa shape index (κ1) is 25.7. The first-order chi connectivity index (χ1) is 12.2. The summed E-state index contributed by atoms with van der Waals surface area (Å²) in [4.78, 5) is 28.8. The molecule has 2 N–H and O–H groups in total. The largest absolute Gasteiger partial charge is 0.469 e. The van der Waals surface area contributed by atoms with Crippen molar-refractivity contribution in [1.29, 1.82) is 0 Å². The van der Waals surface area contributed by atoms with Crippen LogP contribution in [-0.4, -0.2) is 68.4 Å². The van der Waals surface area contributed by atoms with Crippen molar-refractivity contribution in [2.45, 2.75) is 64.5 Å². The zero-order chi connectivity index (χ0) is 19.6. The van der Waals surface area contributed by atoms with Gasteiger partial charge in [0.2, 0.25) is 0 Å². The second-order valence-corrected chi connectivity index (χ2v) is 7.47. The zero-order valence-corrected chi connectivity index (χ0v) is 19.5. The van der Waals surface area contributed by atoms with Crippen LogP contribution in [0, 0.1) is 0 Å². The summed E-state index contributed by atoms with van der Waals surface area (Å²) >= 11 is 0. The Morgan fingerprint density at radius 2 is 1.78 bits per heavy atom. The van der Waals surface area contributed by atoms with E-state index in [-0.39, 0.29) is 42.1 Å².